The summed E-state index contributed by atoms with van der Waals surface area (Å²) in [7, 11) is 0. The molecule has 2 aliphatic heterocycles. The second kappa shape index (κ2) is 8.48. The Balaban J connectivity index is 1.34. The van der Waals surface area contributed by atoms with Crippen molar-refractivity contribution in [2.45, 2.75) is 31.3 Å². The van der Waals surface area contributed by atoms with Crippen molar-refractivity contribution < 1.29 is 19.4 Å². The zero-order valence-electron chi connectivity index (χ0n) is 16.0. The molecular formula is C19H31N5O4. The van der Waals surface area contributed by atoms with Gasteiger partial charge in [-0.2, -0.15) is 0 Å². The van der Waals surface area contributed by atoms with Crippen LogP contribution in [-0.2, 0) is 0 Å². The maximum absolute atomic E-state index is 12.4. The highest BCUT2D eigenvalue weighted by atomic mass is 16.3. The summed E-state index contributed by atoms with van der Waals surface area (Å²) in [4.78, 5) is 16.5. The lowest BCUT2D eigenvalue weighted by Crippen LogP contribution is -2.73. The molecule has 9 nitrogen and oxygen atoms in total. The van der Waals surface area contributed by atoms with Gasteiger partial charge in [0.1, 0.15) is 6.29 Å². The largest absolute Gasteiger partial charge is 0.459 e. The molecule has 1 aromatic rings. The predicted octanol–water partition coefficient (Wildman–Crippen LogP) is -1.21. The maximum atomic E-state index is 12.4. The molecule has 28 heavy (non-hydrogen) atoms. The van der Waals surface area contributed by atoms with Gasteiger partial charge in [-0.3, -0.25) is 20.3 Å². The molecular weight excluding hydrogens is 362 g/mol. The van der Waals surface area contributed by atoms with E-state index in [2.05, 4.69) is 15.5 Å². The Labute approximate surface area is 164 Å². The zero-order valence-corrected chi connectivity index (χ0v) is 16.0. The Kier molecular flexibility index (Phi) is 6.00. The molecule has 0 radical (unpaired) electrons. The smallest absolute Gasteiger partial charge is 0.289 e. The fraction of sp³-hybridized carbons (Fsp3) is 0.737. The van der Waals surface area contributed by atoms with E-state index in [0.717, 1.165) is 25.9 Å². The number of aliphatic hydroxyl groups is 2. The molecule has 6 unspecified atom stereocenters. The highest BCUT2D eigenvalue weighted by Crippen LogP contribution is 2.36. The lowest BCUT2D eigenvalue weighted by atomic mass is 9.70. The molecule has 0 bridgehead atoms. The summed E-state index contributed by atoms with van der Waals surface area (Å²) in [5, 5.41) is 26.4. The van der Waals surface area contributed by atoms with Crippen LogP contribution in [0.4, 0.5) is 0 Å². The van der Waals surface area contributed by atoms with E-state index in [9.17, 15) is 15.0 Å². The van der Waals surface area contributed by atoms with Gasteiger partial charge in [-0.15, -0.1) is 0 Å². The van der Waals surface area contributed by atoms with Crippen molar-refractivity contribution in [2.24, 2.45) is 23.5 Å². The topological polar surface area (TPSA) is 127 Å². The van der Waals surface area contributed by atoms with Gasteiger partial charge in [-0.1, -0.05) is 0 Å². The van der Waals surface area contributed by atoms with Crippen molar-refractivity contribution in [2.75, 3.05) is 39.4 Å². The van der Waals surface area contributed by atoms with Gasteiger partial charge in [0.2, 0.25) is 0 Å². The average molecular weight is 393 g/mol. The minimum absolute atomic E-state index is 0.0536. The molecule has 1 amide bonds. The van der Waals surface area contributed by atoms with Gasteiger partial charge in [-0.25, -0.2) is 0 Å². The highest BCUT2D eigenvalue weighted by Gasteiger charge is 2.44. The highest BCUT2D eigenvalue weighted by molar-refractivity contribution is 5.91. The van der Waals surface area contributed by atoms with Crippen LogP contribution in [0.3, 0.4) is 0 Å². The summed E-state index contributed by atoms with van der Waals surface area (Å²) >= 11 is 0. The van der Waals surface area contributed by atoms with Crippen molar-refractivity contribution in [3.63, 3.8) is 0 Å². The molecule has 6 N–H and O–H groups in total. The summed E-state index contributed by atoms with van der Waals surface area (Å²) < 4.78 is 5.22. The van der Waals surface area contributed by atoms with E-state index >= 15 is 0 Å². The van der Waals surface area contributed by atoms with Gasteiger partial charge in [-0.05, 0) is 36.8 Å². The van der Waals surface area contributed by atoms with E-state index < -0.39 is 0 Å². The van der Waals surface area contributed by atoms with E-state index in [1.165, 1.54) is 6.26 Å². The molecule has 0 spiro atoms. The Morgan fingerprint density at radius 1 is 1.14 bits per heavy atom. The monoisotopic (exact) mass is 393 g/mol. The van der Waals surface area contributed by atoms with E-state index in [1.54, 1.807) is 12.1 Å². The lowest BCUT2D eigenvalue weighted by Gasteiger charge is -2.52. The number of nitrogens with zero attached hydrogens (tertiary/aromatic N) is 2. The number of fused-ring (bicyclic) bond motifs is 1. The van der Waals surface area contributed by atoms with E-state index in [-0.39, 0.29) is 55.4 Å². The molecule has 156 valence electrons. The summed E-state index contributed by atoms with van der Waals surface area (Å²) in [6.45, 7) is 2.93. The molecule has 1 aromatic heterocycles. The van der Waals surface area contributed by atoms with Crippen LogP contribution in [0, 0.1) is 17.8 Å². The first-order valence-electron chi connectivity index (χ1n) is 10.2. The molecule has 6 atom stereocenters. The molecule has 1 aliphatic carbocycles. The molecule has 1 saturated carbocycles. The van der Waals surface area contributed by atoms with Crippen molar-refractivity contribution in [3.8, 4) is 0 Å². The molecule has 3 fully saturated rings. The van der Waals surface area contributed by atoms with Crippen molar-refractivity contribution >= 4 is 5.91 Å². The quantitative estimate of drug-likeness (QED) is 0.431. The van der Waals surface area contributed by atoms with E-state index in [0.29, 0.717) is 18.8 Å². The number of rotatable bonds is 4. The summed E-state index contributed by atoms with van der Waals surface area (Å²) in [5.74, 6) is 0.751. The number of piperazine rings is 1. The molecule has 9 heteroatoms. The average Bonchev–Trinajstić information content (AvgIpc) is 3.27. The first-order chi connectivity index (χ1) is 13.6. The van der Waals surface area contributed by atoms with Gasteiger partial charge in [0.15, 0.2) is 5.76 Å². The minimum atomic E-state index is -0.160. The van der Waals surface area contributed by atoms with E-state index in [4.69, 9.17) is 10.2 Å². The van der Waals surface area contributed by atoms with Crippen molar-refractivity contribution in [1.82, 2.24) is 20.4 Å². The van der Waals surface area contributed by atoms with Crippen LogP contribution in [-0.4, -0.2) is 83.8 Å². The SMILES string of the molecule is NC1NC(N2CCN(C(=O)c3ccco3)CC2)NC2CC(CO)C(CO)CC12. The third kappa shape index (κ3) is 3.83. The number of amides is 1. The van der Waals surface area contributed by atoms with Crippen LogP contribution in [0.5, 0.6) is 0 Å². The van der Waals surface area contributed by atoms with Crippen LogP contribution < -0.4 is 16.4 Å². The first-order valence-corrected chi connectivity index (χ1v) is 10.2. The number of carbonyl (C=O) groups is 1. The fourth-order valence-electron chi connectivity index (χ4n) is 4.94. The van der Waals surface area contributed by atoms with Gasteiger partial charge >= 0.3 is 0 Å². The first kappa shape index (κ1) is 19.8. The number of hydrogen-bond acceptors (Lipinski definition) is 8. The molecule has 3 heterocycles. The zero-order chi connectivity index (χ0) is 19.7. The third-order valence-electron chi connectivity index (χ3n) is 6.67. The second-order valence-corrected chi connectivity index (χ2v) is 8.19. The molecule has 2 saturated heterocycles. The van der Waals surface area contributed by atoms with Crippen LogP contribution in [0.25, 0.3) is 0 Å². The third-order valence-corrected chi connectivity index (χ3v) is 6.67. The molecule has 4 rings (SSSR count). The Hall–Kier alpha value is -1.49. The molecule has 0 aromatic carbocycles. The Morgan fingerprint density at radius 3 is 2.50 bits per heavy atom. The van der Waals surface area contributed by atoms with E-state index in [1.807, 2.05) is 4.90 Å². The number of nitrogens with two attached hydrogens (primary N) is 1. The minimum Gasteiger partial charge on any atom is -0.459 e. The number of hydrogen-bond donors (Lipinski definition) is 5. The number of furan rings is 1. The lowest BCUT2D eigenvalue weighted by molar-refractivity contribution is -0.0290. The standard InChI is InChI=1S/C19H31N5O4/c20-17-14-8-12(10-25)13(11-26)9-15(14)21-19(22-17)24-5-3-23(4-6-24)18(27)16-2-1-7-28-16/h1-2,7,12-15,17,19,21-22,25-26H,3-6,8-11,20H2. The summed E-state index contributed by atoms with van der Waals surface area (Å²) in [6.07, 6.45) is 2.93. The fourth-order valence-corrected chi connectivity index (χ4v) is 4.94. The maximum Gasteiger partial charge on any atom is 0.289 e. The summed E-state index contributed by atoms with van der Waals surface area (Å²) in [5.41, 5.74) is 6.43. The van der Waals surface area contributed by atoms with Crippen LogP contribution in [0.1, 0.15) is 23.4 Å². The number of nitrogens with one attached hydrogen (secondary N) is 2. The normalized spacial score (nSPS) is 36.9. The van der Waals surface area contributed by atoms with Gasteiger partial charge in [0.05, 0.1) is 12.4 Å². The van der Waals surface area contributed by atoms with Gasteiger partial charge in [0, 0.05) is 51.4 Å². The second-order valence-electron chi connectivity index (χ2n) is 8.19. The number of carbonyl (C=O) groups excluding carboxylic acids is 1. The van der Waals surface area contributed by atoms with Crippen LogP contribution in [0.15, 0.2) is 22.8 Å². The van der Waals surface area contributed by atoms with Crippen molar-refractivity contribution in [1.29, 1.82) is 0 Å². The summed E-state index contributed by atoms with van der Waals surface area (Å²) in [6, 6.07) is 3.63. The number of aliphatic hydroxyl groups excluding tert-OH is 2. The molecule has 3 aliphatic rings. The van der Waals surface area contributed by atoms with Crippen molar-refractivity contribution in [3.05, 3.63) is 24.2 Å². The van der Waals surface area contributed by atoms with Crippen LogP contribution in [0.2, 0.25) is 0 Å². The van der Waals surface area contributed by atoms with Crippen LogP contribution >= 0.6 is 0 Å². The Bertz CT molecular complexity index is 649. The van der Waals surface area contributed by atoms with Gasteiger partial charge < -0.3 is 25.3 Å². The van der Waals surface area contributed by atoms with Gasteiger partial charge in [0.25, 0.3) is 5.91 Å². The predicted molar refractivity (Wildman–Crippen MR) is 102 cm³/mol. The Morgan fingerprint density at radius 2 is 1.86 bits per heavy atom.